The fourth-order valence-corrected chi connectivity index (χ4v) is 2.75. The first kappa shape index (κ1) is 15.8. The van der Waals surface area contributed by atoms with E-state index in [1.165, 1.54) is 0 Å². The molecular weight excluding hydrogens is 292 g/mol. The quantitative estimate of drug-likeness (QED) is 0.852. The monoisotopic (exact) mass is 316 g/mol. The molecule has 1 aliphatic rings. The van der Waals surface area contributed by atoms with Gasteiger partial charge in [0.15, 0.2) is 5.58 Å². The molecule has 0 atom stereocenters. The average molecular weight is 316 g/mol. The van der Waals surface area contributed by atoms with Crippen LogP contribution in [-0.2, 0) is 4.79 Å². The summed E-state index contributed by atoms with van der Waals surface area (Å²) in [5, 5.41) is 0. The topological polar surface area (TPSA) is 62.5 Å². The Morgan fingerprint density at radius 2 is 1.87 bits per heavy atom. The van der Waals surface area contributed by atoms with Crippen molar-refractivity contribution in [2.75, 3.05) is 31.1 Å². The van der Waals surface area contributed by atoms with Crippen LogP contribution in [0.4, 0.5) is 6.01 Å². The summed E-state index contributed by atoms with van der Waals surface area (Å²) in [6.45, 7) is 11.1. The minimum Gasteiger partial charge on any atom is -0.422 e. The van der Waals surface area contributed by atoms with Gasteiger partial charge in [0.05, 0.1) is 0 Å². The zero-order valence-corrected chi connectivity index (χ0v) is 14.3. The van der Waals surface area contributed by atoms with Crippen LogP contribution in [0.3, 0.4) is 0 Å². The van der Waals surface area contributed by atoms with Crippen LogP contribution in [0.5, 0.6) is 0 Å². The lowest BCUT2D eigenvalue weighted by Crippen LogP contribution is -2.49. The van der Waals surface area contributed by atoms with Crippen molar-refractivity contribution in [1.82, 2.24) is 14.9 Å². The first-order valence-electron chi connectivity index (χ1n) is 8.09. The molecule has 1 saturated heterocycles. The van der Waals surface area contributed by atoms with Crippen LogP contribution >= 0.6 is 0 Å². The third-order valence-corrected chi connectivity index (χ3v) is 3.97. The van der Waals surface area contributed by atoms with Gasteiger partial charge in [0.1, 0.15) is 0 Å². The molecule has 1 aliphatic heterocycles. The number of fused-ring (bicyclic) bond motifs is 1. The number of amides is 1. The van der Waals surface area contributed by atoms with Crippen LogP contribution in [0.25, 0.3) is 11.2 Å². The number of pyridine rings is 1. The smallest absolute Gasteiger partial charge is 0.300 e. The van der Waals surface area contributed by atoms with E-state index < -0.39 is 0 Å². The maximum atomic E-state index is 12.3. The predicted octanol–water partition coefficient (Wildman–Crippen LogP) is 2.62. The first-order valence-corrected chi connectivity index (χ1v) is 8.09. The van der Waals surface area contributed by atoms with Gasteiger partial charge >= 0.3 is 0 Å². The number of anilines is 1. The molecule has 0 aliphatic carbocycles. The summed E-state index contributed by atoms with van der Waals surface area (Å²) in [7, 11) is 0. The fraction of sp³-hybridized carbons (Fsp3) is 0.588. The molecule has 0 spiro atoms. The Bertz CT molecular complexity index is 709. The van der Waals surface area contributed by atoms with E-state index in [1.807, 2.05) is 24.0 Å². The summed E-state index contributed by atoms with van der Waals surface area (Å²) < 4.78 is 5.79. The number of hydrogen-bond acceptors (Lipinski definition) is 5. The Morgan fingerprint density at radius 3 is 2.52 bits per heavy atom. The first-order chi connectivity index (χ1) is 10.8. The normalized spacial score (nSPS) is 16.2. The largest absolute Gasteiger partial charge is 0.422 e. The highest BCUT2D eigenvalue weighted by molar-refractivity contribution is 5.77. The average Bonchev–Trinajstić information content (AvgIpc) is 2.88. The molecule has 6 nitrogen and oxygen atoms in total. The van der Waals surface area contributed by atoms with E-state index in [0.717, 1.165) is 18.8 Å². The maximum absolute atomic E-state index is 12.3. The molecule has 0 N–H and O–H groups in total. The van der Waals surface area contributed by atoms with Crippen molar-refractivity contribution >= 4 is 23.2 Å². The number of carbonyl (C=O) groups excluding carboxylic acids is 1. The molecule has 2 aromatic heterocycles. The van der Waals surface area contributed by atoms with Gasteiger partial charge < -0.3 is 14.2 Å². The molecule has 0 bridgehead atoms. The van der Waals surface area contributed by atoms with Crippen LogP contribution in [0.1, 0.15) is 32.9 Å². The van der Waals surface area contributed by atoms with Crippen molar-refractivity contribution in [1.29, 1.82) is 0 Å². The summed E-state index contributed by atoms with van der Waals surface area (Å²) in [5.74, 6) is 0.229. The second kappa shape index (κ2) is 5.83. The minimum absolute atomic E-state index is 0.0258. The Morgan fingerprint density at radius 1 is 1.17 bits per heavy atom. The second-order valence-corrected chi connectivity index (χ2v) is 7.38. The van der Waals surface area contributed by atoms with Gasteiger partial charge in [0, 0.05) is 38.3 Å². The molecule has 3 heterocycles. The van der Waals surface area contributed by atoms with Crippen molar-refractivity contribution in [3.63, 3.8) is 0 Å². The zero-order chi connectivity index (χ0) is 16.6. The number of piperazine rings is 1. The third kappa shape index (κ3) is 3.63. The standard InChI is InChI=1S/C17H24N4O2/c1-12-5-6-13-15(18-12)19-16(23-13)21-9-7-20(8-10-21)14(22)11-17(2,3)4/h5-6H,7-11H2,1-4H3. The van der Waals surface area contributed by atoms with Gasteiger partial charge in [0.25, 0.3) is 6.01 Å². The molecule has 2 aromatic rings. The van der Waals surface area contributed by atoms with E-state index in [9.17, 15) is 4.79 Å². The van der Waals surface area contributed by atoms with Gasteiger partial charge in [-0.05, 0) is 24.5 Å². The molecule has 0 aromatic carbocycles. The summed E-state index contributed by atoms with van der Waals surface area (Å²) in [4.78, 5) is 25.2. The highest BCUT2D eigenvalue weighted by atomic mass is 16.4. The highest BCUT2D eigenvalue weighted by Gasteiger charge is 2.26. The van der Waals surface area contributed by atoms with Crippen molar-refractivity contribution in [3.05, 3.63) is 17.8 Å². The number of nitrogens with zero attached hydrogens (tertiary/aromatic N) is 4. The van der Waals surface area contributed by atoms with Gasteiger partial charge in [-0.3, -0.25) is 4.79 Å². The molecule has 23 heavy (non-hydrogen) atoms. The van der Waals surface area contributed by atoms with Crippen LogP contribution < -0.4 is 4.90 Å². The summed E-state index contributed by atoms with van der Waals surface area (Å²) in [5.41, 5.74) is 2.30. The number of aromatic nitrogens is 2. The highest BCUT2D eigenvalue weighted by Crippen LogP contribution is 2.23. The number of rotatable bonds is 2. The molecule has 0 unspecified atom stereocenters. The minimum atomic E-state index is 0.0258. The lowest BCUT2D eigenvalue weighted by atomic mass is 9.91. The van der Waals surface area contributed by atoms with E-state index in [4.69, 9.17) is 4.42 Å². The molecular formula is C17H24N4O2. The van der Waals surface area contributed by atoms with E-state index in [0.29, 0.717) is 36.8 Å². The molecule has 6 heteroatoms. The Labute approximate surface area is 136 Å². The lowest BCUT2D eigenvalue weighted by Gasteiger charge is -2.35. The third-order valence-electron chi connectivity index (χ3n) is 3.97. The van der Waals surface area contributed by atoms with Gasteiger partial charge in [-0.2, -0.15) is 4.98 Å². The molecule has 1 fully saturated rings. The Balaban J connectivity index is 1.65. The van der Waals surface area contributed by atoms with Crippen LogP contribution in [0, 0.1) is 12.3 Å². The summed E-state index contributed by atoms with van der Waals surface area (Å²) in [6.07, 6.45) is 0.582. The van der Waals surface area contributed by atoms with Crippen LogP contribution in [0.15, 0.2) is 16.5 Å². The zero-order valence-electron chi connectivity index (χ0n) is 14.3. The molecule has 0 radical (unpaired) electrons. The van der Waals surface area contributed by atoms with Gasteiger partial charge in [-0.15, -0.1) is 0 Å². The Kier molecular flexibility index (Phi) is 4.00. The van der Waals surface area contributed by atoms with Gasteiger partial charge in [0.2, 0.25) is 11.6 Å². The number of carbonyl (C=O) groups is 1. The van der Waals surface area contributed by atoms with Crippen LogP contribution in [-0.4, -0.2) is 47.0 Å². The lowest BCUT2D eigenvalue weighted by molar-refractivity contribution is -0.133. The van der Waals surface area contributed by atoms with Crippen molar-refractivity contribution in [3.8, 4) is 0 Å². The number of hydrogen-bond donors (Lipinski definition) is 0. The summed E-state index contributed by atoms with van der Waals surface area (Å²) >= 11 is 0. The van der Waals surface area contributed by atoms with Crippen LogP contribution in [0.2, 0.25) is 0 Å². The predicted molar refractivity (Wildman–Crippen MR) is 89.4 cm³/mol. The van der Waals surface area contributed by atoms with Crippen molar-refractivity contribution in [2.45, 2.75) is 34.1 Å². The maximum Gasteiger partial charge on any atom is 0.300 e. The van der Waals surface area contributed by atoms with E-state index in [-0.39, 0.29) is 11.3 Å². The Hall–Kier alpha value is -2.11. The van der Waals surface area contributed by atoms with Crippen molar-refractivity contribution < 1.29 is 9.21 Å². The molecule has 1 amide bonds. The van der Waals surface area contributed by atoms with E-state index in [1.54, 1.807) is 0 Å². The van der Waals surface area contributed by atoms with E-state index in [2.05, 4.69) is 35.6 Å². The second-order valence-electron chi connectivity index (χ2n) is 7.38. The fourth-order valence-electron chi connectivity index (χ4n) is 2.75. The molecule has 124 valence electrons. The SMILES string of the molecule is Cc1ccc2oc(N3CCN(C(=O)CC(C)(C)C)CC3)nc2n1. The van der Waals surface area contributed by atoms with E-state index >= 15 is 0 Å². The number of aryl methyl sites for hydroxylation is 1. The number of oxazole rings is 1. The molecule has 0 saturated carbocycles. The van der Waals surface area contributed by atoms with Gasteiger partial charge in [-0.25, -0.2) is 4.98 Å². The molecule has 3 rings (SSSR count). The van der Waals surface area contributed by atoms with Gasteiger partial charge in [-0.1, -0.05) is 20.8 Å². The van der Waals surface area contributed by atoms with Crippen molar-refractivity contribution in [2.24, 2.45) is 5.41 Å². The summed E-state index contributed by atoms with van der Waals surface area (Å²) in [6, 6.07) is 4.42.